The van der Waals surface area contributed by atoms with E-state index in [4.69, 9.17) is 5.73 Å². The lowest BCUT2D eigenvalue weighted by atomic mass is 9.91. The fourth-order valence-corrected chi connectivity index (χ4v) is 5.47. The Labute approximate surface area is 230 Å². The van der Waals surface area contributed by atoms with E-state index >= 15 is 4.39 Å². The molecule has 0 aliphatic carbocycles. The van der Waals surface area contributed by atoms with Gasteiger partial charge in [-0.05, 0) is 31.0 Å². The van der Waals surface area contributed by atoms with Crippen molar-refractivity contribution in [2.45, 2.75) is 31.7 Å². The highest BCUT2D eigenvalue weighted by Gasteiger charge is 2.33. The summed E-state index contributed by atoms with van der Waals surface area (Å²) in [6, 6.07) is 3.62. The van der Waals surface area contributed by atoms with Crippen molar-refractivity contribution in [2.24, 2.45) is 10.7 Å². The molecule has 0 amide bonds. The first-order valence-electron chi connectivity index (χ1n) is 12.7. The van der Waals surface area contributed by atoms with E-state index in [1.165, 1.54) is 13.3 Å². The van der Waals surface area contributed by atoms with Crippen LogP contribution in [-0.4, -0.2) is 72.4 Å². The van der Waals surface area contributed by atoms with Gasteiger partial charge in [-0.2, -0.15) is 12.7 Å². The maximum Gasteiger partial charge on any atom is 0.301 e. The predicted molar refractivity (Wildman–Crippen MR) is 147 cm³/mol. The number of aliphatic imine (C=N–C) groups is 1. The van der Waals surface area contributed by atoms with Gasteiger partial charge in [0.05, 0.1) is 17.2 Å². The molecule has 0 spiro atoms. The molecule has 0 bridgehead atoms. The number of halogens is 2. The molecule has 1 fully saturated rings. The van der Waals surface area contributed by atoms with Crippen LogP contribution in [0.25, 0.3) is 11.1 Å². The summed E-state index contributed by atoms with van der Waals surface area (Å²) in [5, 5.41) is 0. The lowest BCUT2D eigenvalue weighted by molar-refractivity contribution is 0.0977. The number of Topliss-reactive ketones (excluding diaryl/α,β-unsaturated/α-hetero) is 1. The standard InChI is InChI=1S/C26H28F2N8O3S/c1-3-35(2)40(38,39)34-21-5-4-20(27)22(23(21)28)24(37)19-14-31-25-18(19)10-15(11-30-25)16-12-32-26(33-13-16)36-8-6-17(29)7-9-36/h4-5,10-14,17,19,34H,3,6-9,29H2,1-2H3. The molecule has 210 valence electrons. The Morgan fingerprint density at radius 3 is 2.48 bits per heavy atom. The van der Waals surface area contributed by atoms with Crippen LogP contribution in [0.2, 0.25) is 0 Å². The summed E-state index contributed by atoms with van der Waals surface area (Å²) >= 11 is 0. The monoisotopic (exact) mass is 570 g/mol. The van der Waals surface area contributed by atoms with Crippen molar-refractivity contribution in [1.82, 2.24) is 19.3 Å². The molecule has 5 rings (SSSR count). The first kappa shape index (κ1) is 27.7. The quantitative estimate of drug-likeness (QED) is 0.393. The number of hydrogen-bond acceptors (Lipinski definition) is 9. The zero-order valence-corrected chi connectivity index (χ0v) is 22.7. The molecule has 2 aliphatic heterocycles. The summed E-state index contributed by atoms with van der Waals surface area (Å²) in [4.78, 5) is 32.9. The molecule has 14 heteroatoms. The molecule has 4 heterocycles. The van der Waals surface area contributed by atoms with Crippen LogP contribution < -0.4 is 15.4 Å². The van der Waals surface area contributed by atoms with Crippen molar-refractivity contribution in [3.63, 3.8) is 0 Å². The molecule has 1 atom stereocenters. The molecule has 0 radical (unpaired) electrons. The Kier molecular flexibility index (Phi) is 7.57. The maximum atomic E-state index is 15.4. The van der Waals surface area contributed by atoms with Crippen LogP contribution in [0.1, 0.15) is 41.6 Å². The lowest BCUT2D eigenvalue weighted by Gasteiger charge is -2.30. The number of nitrogens with zero attached hydrogens (tertiary/aromatic N) is 6. The van der Waals surface area contributed by atoms with E-state index < -0.39 is 44.8 Å². The van der Waals surface area contributed by atoms with Crippen LogP contribution in [0.15, 0.2) is 41.8 Å². The van der Waals surface area contributed by atoms with Crippen LogP contribution in [0, 0.1) is 11.6 Å². The summed E-state index contributed by atoms with van der Waals surface area (Å²) < 4.78 is 57.9. The highest BCUT2D eigenvalue weighted by molar-refractivity contribution is 7.90. The van der Waals surface area contributed by atoms with E-state index in [1.54, 1.807) is 31.6 Å². The summed E-state index contributed by atoms with van der Waals surface area (Å²) in [7, 11) is -2.81. The van der Waals surface area contributed by atoms with E-state index in [0.717, 1.165) is 42.4 Å². The number of piperidine rings is 1. The average Bonchev–Trinajstić information content (AvgIpc) is 3.38. The Hall–Kier alpha value is -3.88. The predicted octanol–water partition coefficient (Wildman–Crippen LogP) is 3.04. The van der Waals surface area contributed by atoms with E-state index in [1.807, 2.05) is 0 Å². The number of anilines is 2. The van der Waals surface area contributed by atoms with Crippen molar-refractivity contribution in [2.75, 3.05) is 36.3 Å². The minimum Gasteiger partial charge on any atom is -0.341 e. The van der Waals surface area contributed by atoms with Gasteiger partial charge in [-0.3, -0.25) is 9.52 Å². The third-order valence-corrected chi connectivity index (χ3v) is 8.64. The molecule has 3 N–H and O–H groups in total. The number of hydrogen-bond donors (Lipinski definition) is 2. The molecule has 40 heavy (non-hydrogen) atoms. The number of nitrogens with one attached hydrogen (secondary N) is 1. The Balaban J connectivity index is 1.41. The molecule has 1 aromatic carbocycles. The summed E-state index contributed by atoms with van der Waals surface area (Å²) in [6.07, 6.45) is 7.85. The number of rotatable bonds is 8. The minimum absolute atomic E-state index is 0.120. The molecule has 2 aliphatic rings. The van der Waals surface area contributed by atoms with Crippen LogP contribution in [-0.2, 0) is 10.2 Å². The fourth-order valence-electron chi connectivity index (χ4n) is 4.54. The van der Waals surface area contributed by atoms with Crippen molar-refractivity contribution >= 4 is 39.7 Å². The summed E-state index contributed by atoms with van der Waals surface area (Å²) in [5.41, 5.74) is 6.15. The first-order chi connectivity index (χ1) is 19.1. The fraction of sp³-hybridized carbons (Fsp3) is 0.346. The normalized spacial score (nSPS) is 17.4. The van der Waals surface area contributed by atoms with Gasteiger partial charge in [-0.25, -0.2) is 28.7 Å². The summed E-state index contributed by atoms with van der Waals surface area (Å²) in [5.74, 6) is -3.65. The molecule has 3 aromatic rings. The number of benzene rings is 1. The van der Waals surface area contributed by atoms with Crippen molar-refractivity contribution < 1.29 is 22.0 Å². The van der Waals surface area contributed by atoms with Crippen LogP contribution in [0.3, 0.4) is 0 Å². The van der Waals surface area contributed by atoms with Gasteiger partial charge in [0.1, 0.15) is 5.82 Å². The Bertz CT molecular complexity index is 1580. The summed E-state index contributed by atoms with van der Waals surface area (Å²) in [6.45, 7) is 3.26. The largest absolute Gasteiger partial charge is 0.341 e. The van der Waals surface area contributed by atoms with Crippen molar-refractivity contribution in [3.05, 3.63) is 59.6 Å². The van der Waals surface area contributed by atoms with Gasteiger partial charge in [0.15, 0.2) is 17.4 Å². The second kappa shape index (κ2) is 10.9. The van der Waals surface area contributed by atoms with Gasteiger partial charge in [0.2, 0.25) is 5.95 Å². The van der Waals surface area contributed by atoms with E-state index in [2.05, 4.69) is 29.6 Å². The van der Waals surface area contributed by atoms with Gasteiger partial charge >= 0.3 is 10.2 Å². The van der Waals surface area contributed by atoms with Crippen LogP contribution in [0.5, 0.6) is 0 Å². The maximum absolute atomic E-state index is 15.4. The van der Waals surface area contributed by atoms with Gasteiger partial charge in [0, 0.05) is 74.2 Å². The van der Waals surface area contributed by atoms with Crippen LogP contribution in [0.4, 0.5) is 26.2 Å². The third kappa shape index (κ3) is 5.29. The SMILES string of the molecule is CCN(C)S(=O)(=O)Nc1ccc(F)c(C(=O)C2C=Nc3ncc(-c4cnc(N5CCC(N)CC5)nc4)cc32)c1F. The molecular formula is C26H28F2N8O3S. The number of carbonyl (C=O) groups is 1. The highest BCUT2D eigenvalue weighted by atomic mass is 32.2. The van der Waals surface area contributed by atoms with Gasteiger partial charge in [-0.1, -0.05) is 6.92 Å². The molecule has 11 nitrogen and oxygen atoms in total. The minimum atomic E-state index is -4.11. The smallest absolute Gasteiger partial charge is 0.301 e. The van der Waals surface area contributed by atoms with E-state index in [9.17, 15) is 17.6 Å². The molecule has 2 aromatic heterocycles. The number of nitrogens with two attached hydrogens (primary N) is 1. The van der Waals surface area contributed by atoms with E-state index in [0.29, 0.717) is 22.6 Å². The van der Waals surface area contributed by atoms with Gasteiger partial charge in [0.25, 0.3) is 0 Å². The first-order valence-corrected chi connectivity index (χ1v) is 14.2. The lowest BCUT2D eigenvalue weighted by Crippen LogP contribution is -2.40. The number of aromatic nitrogens is 3. The Morgan fingerprint density at radius 2 is 1.80 bits per heavy atom. The molecule has 1 unspecified atom stereocenters. The van der Waals surface area contributed by atoms with Crippen LogP contribution >= 0.6 is 0 Å². The highest BCUT2D eigenvalue weighted by Crippen LogP contribution is 2.37. The Morgan fingerprint density at radius 1 is 1.12 bits per heavy atom. The third-order valence-electron chi connectivity index (χ3n) is 7.08. The van der Waals surface area contributed by atoms with Crippen molar-refractivity contribution in [3.8, 4) is 11.1 Å². The second-order valence-corrected chi connectivity index (χ2v) is 11.4. The number of fused-ring (bicyclic) bond motifs is 1. The van der Waals surface area contributed by atoms with E-state index in [-0.39, 0.29) is 18.4 Å². The number of ketones is 1. The van der Waals surface area contributed by atoms with Gasteiger partial charge in [-0.15, -0.1) is 0 Å². The topological polar surface area (TPSA) is 147 Å². The number of pyridine rings is 1. The number of carbonyl (C=O) groups excluding carboxylic acids is 1. The van der Waals surface area contributed by atoms with Gasteiger partial charge < -0.3 is 10.6 Å². The molecular weight excluding hydrogens is 542 g/mol. The average molecular weight is 571 g/mol. The zero-order valence-electron chi connectivity index (χ0n) is 21.9. The zero-order chi connectivity index (χ0) is 28.6. The molecule has 1 saturated heterocycles. The molecule has 0 saturated carbocycles. The van der Waals surface area contributed by atoms with Crippen molar-refractivity contribution in [1.29, 1.82) is 0 Å². The second-order valence-electron chi connectivity index (χ2n) is 9.66.